The van der Waals surface area contributed by atoms with Crippen LogP contribution < -0.4 is 5.73 Å². The van der Waals surface area contributed by atoms with Crippen LogP contribution in [0.3, 0.4) is 0 Å². The van der Waals surface area contributed by atoms with Gasteiger partial charge in [0.25, 0.3) is 0 Å². The summed E-state index contributed by atoms with van der Waals surface area (Å²) in [5.41, 5.74) is 7.56. The SMILES string of the molecule is Cc1cc([C@H](N)CCO)cc(Cl)n1. The highest BCUT2D eigenvalue weighted by atomic mass is 35.5. The van der Waals surface area contributed by atoms with Gasteiger partial charge in [-0.05, 0) is 31.0 Å². The number of aryl methyl sites for hydroxylation is 1. The molecule has 0 fully saturated rings. The van der Waals surface area contributed by atoms with Crippen LogP contribution >= 0.6 is 11.6 Å². The number of hydrogen-bond donors (Lipinski definition) is 2. The van der Waals surface area contributed by atoms with Crippen molar-refractivity contribution in [2.24, 2.45) is 5.73 Å². The summed E-state index contributed by atoms with van der Waals surface area (Å²) in [5, 5.41) is 9.16. The second kappa shape index (κ2) is 4.56. The van der Waals surface area contributed by atoms with E-state index in [1.165, 1.54) is 0 Å². The highest BCUT2D eigenvalue weighted by Crippen LogP contribution is 2.17. The summed E-state index contributed by atoms with van der Waals surface area (Å²) in [5.74, 6) is 0. The third kappa shape index (κ3) is 2.95. The Morgan fingerprint density at radius 2 is 2.31 bits per heavy atom. The minimum absolute atomic E-state index is 0.0835. The second-order valence-electron chi connectivity index (χ2n) is 2.98. The Morgan fingerprint density at radius 3 is 2.85 bits per heavy atom. The molecule has 72 valence electrons. The lowest BCUT2D eigenvalue weighted by molar-refractivity contribution is 0.276. The molecule has 13 heavy (non-hydrogen) atoms. The van der Waals surface area contributed by atoms with Gasteiger partial charge in [0.15, 0.2) is 0 Å². The summed E-state index contributed by atoms with van der Waals surface area (Å²) >= 11 is 5.77. The van der Waals surface area contributed by atoms with Gasteiger partial charge in [0.2, 0.25) is 0 Å². The molecule has 1 aromatic rings. The van der Waals surface area contributed by atoms with Crippen molar-refractivity contribution in [3.63, 3.8) is 0 Å². The van der Waals surface area contributed by atoms with E-state index in [9.17, 15) is 0 Å². The lowest BCUT2D eigenvalue weighted by Gasteiger charge is -2.10. The molecule has 0 radical (unpaired) electrons. The van der Waals surface area contributed by atoms with E-state index in [1.54, 1.807) is 6.07 Å². The maximum absolute atomic E-state index is 8.71. The average molecular weight is 201 g/mol. The third-order valence-corrected chi connectivity index (χ3v) is 2.01. The van der Waals surface area contributed by atoms with Gasteiger partial charge >= 0.3 is 0 Å². The van der Waals surface area contributed by atoms with Gasteiger partial charge in [0.1, 0.15) is 5.15 Å². The fourth-order valence-corrected chi connectivity index (χ4v) is 1.43. The van der Waals surface area contributed by atoms with Crippen molar-refractivity contribution in [1.29, 1.82) is 0 Å². The molecule has 0 saturated carbocycles. The Morgan fingerprint density at radius 1 is 1.62 bits per heavy atom. The first-order valence-electron chi connectivity index (χ1n) is 4.14. The summed E-state index contributed by atoms with van der Waals surface area (Å²) < 4.78 is 0. The van der Waals surface area contributed by atoms with Crippen LogP contribution in [0.4, 0.5) is 0 Å². The lowest BCUT2D eigenvalue weighted by atomic mass is 10.1. The van der Waals surface area contributed by atoms with Crippen molar-refractivity contribution in [2.75, 3.05) is 6.61 Å². The topological polar surface area (TPSA) is 59.1 Å². The minimum Gasteiger partial charge on any atom is -0.396 e. The largest absolute Gasteiger partial charge is 0.396 e. The van der Waals surface area contributed by atoms with E-state index in [1.807, 2.05) is 13.0 Å². The van der Waals surface area contributed by atoms with E-state index in [-0.39, 0.29) is 12.6 Å². The lowest BCUT2D eigenvalue weighted by Crippen LogP contribution is -2.12. The number of pyridine rings is 1. The quantitative estimate of drug-likeness (QED) is 0.726. The van der Waals surface area contributed by atoms with Crippen LogP contribution in [0.5, 0.6) is 0 Å². The Bertz CT molecular complexity index is 271. The zero-order valence-electron chi connectivity index (χ0n) is 7.50. The number of aromatic nitrogens is 1. The standard InChI is InChI=1S/C9H13ClN2O/c1-6-4-7(5-9(10)12-6)8(11)2-3-13/h4-5,8,13H,2-3,11H2,1H3/t8-/m1/s1. The number of nitrogens with two attached hydrogens (primary N) is 1. The number of hydrogen-bond acceptors (Lipinski definition) is 3. The highest BCUT2D eigenvalue weighted by Gasteiger charge is 2.06. The van der Waals surface area contributed by atoms with Gasteiger partial charge in [0, 0.05) is 18.3 Å². The normalized spacial score (nSPS) is 12.9. The summed E-state index contributed by atoms with van der Waals surface area (Å²) in [4.78, 5) is 4.02. The van der Waals surface area contributed by atoms with Gasteiger partial charge in [-0.1, -0.05) is 11.6 Å². The summed E-state index contributed by atoms with van der Waals surface area (Å²) in [7, 11) is 0. The fraction of sp³-hybridized carbons (Fsp3) is 0.444. The highest BCUT2D eigenvalue weighted by molar-refractivity contribution is 6.29. The van der Waals surface area contributed by atoms with Gasteiger partial charge in [0.05, 0.1) is 0 Å². The van der Waals surface area contributed by atoms with Crippen LogP contribution in [0.15, 0.2) is 12.1 Å². The van der Waals surface area contributed by atoms with E-state index < -0.39 is 0 Å². The second-order valence-corrected chi connectivity index (χ2v) is 3.37. The first kappa shape index (κ1) is 10.4. The zero-order valence-corrected chi connectivity index (χ0v) is 8.25. The predicted octanol–water partition coefficient (Wildman–Crippen LogP) is 1.43. The van der Waals surface area contributed by atoms with Crippen LogP contribution in [-0.2, 0) is 0 Å². The molecular formula is C9H13ClN2O. The molecule has 4 heteroatoms. The summed E-state index contributed by atoms with van der Waals surface area (Å²) in [6.45, 7) is 1.95. The molecule has 0 bridgehead atoms. The van der Waals surface area contributed by atoms with Crippen molar-refractivity contribution in [3.8, 4) is 0 Å². The fourth-order valence-electron chi connectivity index (χ4n) is 1.17. The number of aliphatic hydroxyl groups is 1. The number of rotatable bonds is 3. The van der Waals surface area contributed by atoms with E-state index in [2.05, 4.69) is 4.98 Å². The maximum Gasteiger partial charge on any atom is 0.129 e. The van der Waals surface area contributed by atoms with E-state index >= 15 is 0 Å². The Labute approximate surface area is 82.5 Å². The Balaban J connectivity index is 2.87. The van der Waals surface area contributed by atoms with Gasteiger partial charge in [-0.2, -0.15) is 0 Å². The monoisotopic (exact) mass is 200 g/mol. The predicted molar refractivity (Wildman–Crippen MR) is 52.6 cm³/mol. The Hall–Kier alpha value is -0.640. The number of aliphatic hydroxyl groups excluding tert-OH is 1. The van der Waals surface area contributed by atoms with Gasteiger partial charge < -0.3 is 10.8 Å². The smallest absolute Gasteiger partial charge is 0.129 e. The molecule has 0 amide bonds. The number of nitrogens with zero attached hydrogens (tertiary/aromatic N) is 1. The van der Waals surface area contributed by atoms with Crippen LogP contribution in [0, 0.1) is 6.92 Å². The molecule has 1 atom stereocenters. The molecule has 1 rings (SSSR count). The van der Waals surface area contributed by atoms with Crippen LogP contribution in [0.2, 0.25) is 5.15 Å². The first-order chi connectivity index (χ1) is 6.13. The van der Waals surface area contributed by atoms with Crippen molar-refractivity contribution >= 4 is 11.6 Å². The van der Waals surface area contributed by atoms with Crippen LogP contribution in [0.25, 0.3) is 0 Å². The molecule has 0 aliphatic rings. The zero-order chi connectivity index (χ0) is 9.84. The molecule has 0 unspecified atom stereocenters. The molecule has 0 saturated heterocycles. The molecule has 3 nitrogen and oxygen atoms in total. The van der Waals surface area contributed by atoms with E-state index in [0.717, 1.165) is 11.3 Å². The molecule has 1 aromatic heterocycles. The van der Waals surface area contributed by atoms with Crippen molar-refractivity contribution in [1.82, 2.24) is 4.98 Å². The van der Waals surface area contributed by atoms with Crippen molar-refractivity contribution < 1.29 is 5.11 Å². The van der Waals surface area contributed by atoms with Crippen LogP contribution in [0.1, 0.15) is 23.7 Å². The van der Waals surface area contributed by atoms with Crippen molar-refractivity contribution in [3.05, 3.63) is 28.5 Å². The molecule has 1 heterocycles. The van der Waals surface area contributed by atoms with E-state index in [4.69, 9.17) is 22.4 Å². The first-order valence-corrected chi connectivity index (χ1v) is 4.52. The van der Waals surface area contributed by atoms with Crippen LogP contribution in [-0.4, -0.2) is 16.7 Å². The molecule has 0 spiro atoms. The van der Waals surface area contributed by atoms with Gasteiger partial charge in [-0.3, -0.25) is 0 Å². The van der Waals surface area contributed by atoms with E-state index in [0.29, 0.717) is 11.6 Å². The molecule has 0 aliphatic heterocycles. The van der Waals surface area contributed by atoms with Gasteiger partial charge in [-0.15, -0.1) is 0 Å². The molecule has 3 N–H and O–H groups in total. The summed E-state index contributed by atoms with van der Waals surface area (Å²) in [6, 6.07) is 3.45. The average Bonchev–Trinajstić information content (AvgIpc) is 2.03. The minimum atomic E-state index is -0.163. The summed E-state index contributed by atoms with van der Waals surface area (Å²) in [6.07, 6.45) is 0.541. The third-order valence-electron chi connectivity index (χ3n) is 1.81. The maximum atomic E-state index is 8.71. The molecule has 0 aliphatic carbocycles. The number of halogens is 1. The van der Waals surface area contributed by atoms with Gasteiger partial charge in [-0.25, -0.2) is 4.98 Å². The molecular weight excluding hydrogens is 188 g/mol. The Kier molecular flexibility index (Phi) is 3.66. The molecule has 0 aromatic carbocycles. The van der Waals surface area contributed by atoms with Crippen molar-refractivity contribution in [2.45, 2.75) is 19.4 Å².